The normalized spacial score (nSPS) is 17.0. The number of ether oxygens (including phenoxy) is 1. The van der Waals surface area contributed by atoms with Crippen molar-refractivity contribution in [3.8, 4) is 11.8 Å². The molecule has 0 N–H and O–H groups in total. The minimum atomic E-state index is -0.0276. The Balaban J connectivity index is 1.54. The van der Waals surface area contributed by atoms with Crippen molar-refractivity contribution in [2.24, 2.45) is 13.0 Å². The first-order chi connectivity index (χ1) is 14.0. The third-order valence-corrected chi connectivity index (χ3v) is 5.72. The van der Waals surface area contributed by atoms with Crippen molar-refractivity contribution in [2.75, 3.05) is 40.3 Å². The monoisotopic (exact) mass is 394 g/mol. The fourth-order valence-electron chi connectivity index (χ4n) is 4.20. The second kappa shape index (κ2) is 9.62. The molecule has 6 heteroatoms. The molecule has 154 valence electrons. The quantitative estimate of drug-likeness (QED) is 0.724. The van der Waals surface area contributed by atoms with Crippen LogP contribution in [-0.2, 0) is 13.5 Å². The zero-order valence-corrected chi connectivity index (χ0v) is 17.6. The van der Waals surface area contributed by atoms with Crippen LogP contribution < -0.4 is 4.74 Å². The second-order valence-electron chi connectivity index (χ2n) is 7.89. The van der Waals surface area contributed by atoms with Crippen LogP contribution in [-0.4, -0.2) is 60.6 Å². The number of para-hydroxylation sites is 1. The summed E-state index contributed by atoms with van der Waals surface area (Å²) in [4.78, 5) is 17.1. The number of nitriles is 1. The molecule has 0 aliphatic carbocycles. The van der Waals surface area contributed by atoms with Gasteiger partial charge in [-0.1, -0.05) is 18.2 Å². The average Bonchev–Trinajstić information content (AvgIpc) is 3.12. The van der Waals surface area contributed by atoms with Crippen molar-refractivity contribution >= 4 is 5.91 Å². The molecular formula is C23H30N4O2. The Morgan fingerprint density at radius 1 is 1.38 bits per heavy atom. The Bertz CT molecular complexity index is 883. The number of rotatable bonds is 7. The highest BCUT2D eigenvalue weighted by Gasteiger charge is 2.24. The molecule has 1 aromatic carbocycles. The van der Waals surface area contributed by atoms with E-state index < -0.39 is 0 Å². The van der Waals surface area contributed by atoms with Crippen LogP contribution in [0.2, 0.25) is 0 Å². The van der Waals surface area contributed by atoms with Gasteiger partial charge in [-0.3, -0.25) is 4.79 Å². The van der Waals surface area contributed by atoms with E-state index in [0.717, 1.165) is 51.2 Å². The molecule has 0 radical (unpaired) electrons. The Morgan fingerprint density at radius 2 is 2.17 bits per heavy atom. The minimum absolute atomic E-state index is 0.0276. The molecule has 1 atom stereocenters. The molecular weight excluding hydrogens is 364 g/mol. The number of aromatic nitrogens is 1. The average molecular weight is 395 g/mol. The number of likely N-dealkylation sites (tertiary alicyclic amines) is 1. The number of hydrogen-bond donors (Lipinski definition) is 0. The topological polar surface area (TPSA) is 61.5 Å². The molecule has 1 amide bonds. The SMILES string of the molecule is COc1ccccc1CCN1CCC[C@@H](CN(C)C(=O)c2cc(C#N)cn2C)C1. The van der Waals surface area contributed by atoms with Crippen molar-refractivity contribution in [3.63, 3.8) is 0 Å². The van der Waals surface area contributed by atoms with Gasteiger partial charge in [-0.2, -0.15) is 5.26 Å². The van der Waals surface area contributed by atoms with Gasteiger partial charge < -0.3 is 19.1 Å². The molecule has 0 saturated carbocycles. The van der Waals surface area contributed by atoms with Gasteiger partial charge in [0.2, 0.25) is 0 Å². The van der Waals surface area contributed by atoms with Crippen molar-refractivity contribution in [1.82, 2.24) is 14.4 Å². The Kier molecular flexibility index (Phi) is 6.95. The van der Waals surface area contributed by atoms with Gasteiger partial charge in [0.25, 0.3) is 5.91 Å². The summed E-state index contributed by atoms with van der Waals surface area (Å²) in [6, 6.07) is 12.0. The molecule has 2 heterocycles. The lowest BCUT2D eigenvalue weighted by Gasteiger charge is -2.34. The smallest absolute Gasteiger partial charge is 0.270 e. The third kappa shape index (κ3) is 5.18. The number of nitrogens with zero attached hydrogens (tertiary/aromatic N) is 4. The van der Waals surface area contributed by atoms with Crippen LogP contribution in [0.3, 0.4) is 0 Å². The molecule has 29 heavy (non-hydrogen) atoms. The maximum Gasteiger partial charge on any atom is 0.270 e. The van der Waals surface area contributed by atoms with E-state index in [1.165, 1.54) is 5.56 Å². The van der Waals surface area contributed by atoms with E-state index in [0.29, 0.717) is 17.2 Å². The largest absolute Gasteiger partial charge is 0.496 e. The van der Waals surface area contributed by atoms with Crippen LogP contribution in [0.1, 0.15) is 34.5 Å². The van der Waals surface area contributed by atoms with Crippen LogP contribution in [0, 0.1) is 17.2 Å². The zero-order valence-electron chi connectivity index (χ0n) is 17.6. The summed E-state index contributed by atoms with van der Waals surface area (Å²) in [5.41, 5.74) is 2.32. The highest BCUT2D eigenvalue weighted by Crippen LogP contribution is 2.21. The summed E-state index contributed by atoms with van der Waals surface area (Å²) in [5, 5.41) is 9.05. The second-order valence-corrected chi connectivity index (χ2v) is 7.89. The molecule has 0 spiro atoms. The number of aryl methyl sites for hydroxylation is 1. The van der Waals surface area contributed by atoms with E-state index in [9.17, 15) is 4.79 Å². The molecule has 0 bridgehead atoms. The molecule has 6 nitrogen and oxygen atoms in total. The fourth-order valence-corrected chi connectivity index (χ4v) is 4.20. The molecule has 1 aromatic heterocycles. The summed E-state index contributed by atoms with van der Waals surface area (Å²) in [6.45, 7) is 3.84. The number of amides is 1. The Morgan fingerprint density at radius 3 is 2.90 bits per heavy atom. The molecule has 1 aliphatic heterocycles. The lowest BCUT2D eigenvalue weighted by Crippen LogP contribution is -2.42. The van der Waals surface area contributed by atoms with Gasteiger partial charge in [-0.15, -0.1) is 0 Å². The number of carbonyl (C=O) groups excluding carboxylic acids is 1. The van der Waals surface area contributed by atoms with Crippen LogP contribution in [0.25, 0.3) is 0 Å². The lowest BCUT2D eigenvalue weighted by molar-refractivity contribution is 0.0721. The van der Waals surface area contributed by atoms with Gasteiger partial charge in [0.15, 0.2) is 0 Å². The van der Waals surface area contributed by atoms with Gasteiger partial charge in [0.1, 0.15) is 17.5 Å². The van der Waals surface area contributed by atoms with Crippen LogP contribution in [0.15, 0.2) is 36.5 Å². The van der Waals surface area contributed by atoms with Crippen molar-refractivity contribution in [1.29, 1.82) is 5.26 Å². The van der Waals surface area contributed by atoms with Crippen LogP contribution in [0.4, 0.5) is 0 Å². The van der Waals surface area contributed by atoms with Gasteiger partial charge in [0, 0.05) is 39.9 Å². The predicted octanol–water partition coefficient (Wildman–Crippen LogP) is 2.93. The summed E-state index contributed by atoms with van der Waals surface area (Å²) in [6.07, 6.45) is 4.95. The minimum Gasteiger partial charge on any atom is -0.496 e. The number of piperidine rings is 1. The third-order valence-electron chi connectivity index (χ3n) is 5.72. The Hall–Kier alpha value is -2.78. The zero-order chi connectivity index (χ0) is 20.8. The number of hydrogen-bond acceptors (Lipinski definition) is 4. The van der Waals surface area contributed by atoms with E-state index in [4.69, 9.17) is 10.00 Å². The molecule has 1 aliphatic rings. The molecule has 1 fully saturated rings. The number of carbonyl (C=O) groups is 1. The molecule has 0 unspecified atom stereocenters. The lowest BCUT2D eigenvalue weighted by atomic mass is 9.97. The summed E-state index contributed by atoms with van der Waals surface area (Å²) < 4.78 is 7.20. The first kappa shape index (κ1) is 20.9. The van der Waals surface area contributed by atoms with E-state index in [2.05, 4.69) is 23.1 Å². The standard InChI is InChI=1S/C23H30N4O2/c1-25-16-19(14-24)13-21(25)23(28)26(2)15-18-7-6-11-27(17-18)12-10-20-8-4-5-9-22(20)29-3/h4-5,8-9,13,16,18H,6-7,10-12,15,17H2,1-3H3/t18-/m0/s1. The molecule has 3 rings (SSSR count). The number of methoxy groups -OCH3 is 1. The van der Waals surface area contributed by atoms with Crippen molar-refractivity contribution in [3.05, 3.63) is 53.3 Å². The summed E-state index contributed by atoms with van der Waals surface area (Å²) >= 11 is 0. The maximum atomic E-state index is 12.8. The first-order valence-corrected chi connectivity index (χ1v) is 10.2. The highest BCUT2D eigenvalue weighted by atomic mass is 16.5. The van der Waals surface area contributed by atoms with Crippen LogP contribution >= 0.6 is 0 Å². The van der Waals surface area contributed by atoms with E-state index in [1.54, 1.807) is 28.8 Å². The highest BCUT2D eigenvalue weighted by molar-refractivity contribution is 5.93. The maximum absolute atomic E-state index is 12.8. The van der Waals surface area contributed by atoms with Crippen molar-refractivity contribution in [2.45, 2.75) is 19.3 Å². The van der Waals surface area contributed by atoms with Gasteiger partial charge in [-0.05, 0) is 49.4 Å². The number of benzene rings is 1. The fraction of sp³-hybridized carbons (Fsp3) is 0.478. The van der Waals surface area contributed by atoms with E-state index in [1.807, 2.05) is 26.2 Å². The first-order valence-electron chi connectivity index (χ1n) is 10.2. The molecule has 2 aromatic rings. The predicted molar refractivity (Wildman–Crippen MR) is 113 cm³/mol. The van der Waals surface area contributed by atoms with E-state index >= 15 is 0 Å². The van der Waals surface area contributed by atoms with Gasteiger partial charge >= 0.3 is 0 Å². The van der Waals surface area contributed by atoms with Crippen molar-refractivity contribution < 1.29 is 9.53 Å². The van der Waals surface area contributed by atoms with Crippen LogP contribution in [0.5, 0.6) is 5.75 Å². The molecule has 1 saturated heterocycles. The van der Waals surface area contributed by atoms with Gasteiger partial charge in [-0.25, -0.2) is 0 Å². The Labute approximate surface area is 173 Å². The summed E-state index contributed by atoms with van der Waals surface area (Å²) in [7, 11) is 5.38. The summed E-state index contributed by atoms with van der Waals surface area (Å²) in [5.74, 6) is 1.39. The van der Waals surface area contributed by atoms with E-state index in [-0.39, 0.29) is 5.91 Å². The van der Waals surface area contributed by atoms with Gasteiger partial charge in [0.05, 0.1) is 12.7 Å².